The van der Waals surface area contributed by atoms with Crippen molar-refractivity contribution < 1.29 is 28.5 Å². The molecule has 2 aliphatic heterocycles. The fraction of sp³-hybridized carbons (Fsp3) is 0.500. The lowest BCUT2D eigenvalue weighted by molar-refractivity contribution is -0.188. The maximum absolute atomic E-state index is 12.0. The number of carbonyl (C=O) groups is 2. The van der Waals surface area contributed by atoms with E-state index in [1.54, 1.807) is 38.1 Å². The summed E-state index contributed by atoms with van der Waals surface area (Å²) in [5, 5.41) is 0. The molecule has 2 aliphatic rings. The molecule has 0 bridgehead atoms. The minimum absolute atomic E-state index is 0.0126. The van der Waals surface area contributed by atoms with Crippen molar-refractivity contribution in [3.63, 3.8) is 0 Å². The zero-order chi connectivity index (χ0) is 15.7. The quantitative estimate of drug-likeness (QED) is 0.617. The van der Waals surface area contributed by atoms with E-state index < -0.39 is 36.2 Å². The van der Waals surface area contributed by atoms with E-state index in [1.807, 2.05) is 6.07 Å². The molecule has 3 rings (SSSR count). The van der Waals surface area contributed by atoms with Crippen LogP contribution < -0.4 is 0 Å². The van der Waals surface area contributed by atoms with Crippen LogP contribution in [-0.2, 0) is 23.7 Å². The SMILES string of the molecule is CC1(C)O[C@@H]2[C@H](O1)[C@@H](COC(=O)c1ccccc1)O[C@@H]2C=O. The second-order valence-electron chi connectivity index (χ2n) is 5.80. The van der Waals surface area contributed by atoms with Gasteiger partial charge in [-0.25, -0.2) is 4.79 Å². The van der Waals surface area contributed by atoms with E-state index in [-0.39, 0.29) is 6.61 Å². The molecule has 1 aromatic rings. The number of ether oxygens (including phenoxy) is 4. The number of rotatable bonds is 4. The second kappa shape index (κ2) is 5.79. The van der Waals surface area contributed by atoms with Gasteiger partial charge in [0.15, 0.2) is 12.1 Å². The first-order chi connectivity index (χ1) is 10.5. The lowest BCUT2D eigenvalue weighted by Gasteiger charge is -2.22. The molecular formula is C16H18O6. The smallest absolute Gasteiger partial charge is 0.338 e. The maximum atomic E-state index is 12.0. The summed E-state index contributed by atoms with van der Waals surface area (Å²) < 4.78 is 22.3. The van der Waals surface area contributed by atoms with Crippen LogP contribution in [0.5, 0.6) is 0 Å². The van der Waals surface area contributed by atoms with E-state index in [0.29, 0.717) is 11.8 Å². The highest BCUT2D eigenvalue weighted by molar-refractivity contribution is 5.89. The number of carbonyl (C=O) groups excluding carboxylic acids is 2. The Morgan fingerprint density at radius 3 is 2.59 bits per heavy atom. The maximum Gasteiger partial charge on any atom is 0.338 e. The van der Waals surface area contributed by atoms with Crippen molar-refractivity contribution in [2.75, 3.05) is 6.61 Å². The van der Waals surface area contributed by atoms with Crippen molar-refractivity contribution in [1.82, 2.24) is 0 Å². The molecule has 0 aliphatic carbocycles. The van der Waals surface area contributed by atoms with Crippen LogP contribution in [0, 0.1) is 0 Å². The standard InChI is InChI=1S/C16H18O6/c1-16(2)21-13-11(8-17)20-12(14(13)22-16)9-19-15(18)10-6-4-3-5-7-10/h3-8,11-14H,9H2,1-2H3/t11-,12-,13+,14-/m1/s1. The Labute approximate surface area is 128 Å². The largest absolute Gasteiger partial charge is 0.459 e. The summed E-state index contributed by atoms with van der Waals surface area (Å²) in [7, 11) is 0. The monoisotopic (exact) mass is 306 g/mol. The predicted molar refractivity (Wildman–Crippen MR) is 75.3 cm³/mol. The molecular weight excluding hydrogens is 288 g/mol. The molecule has 0 aromatic heterocycles. The van der Waals surface area contributed by atoms with E-state index >= 15 is 0 Å². The fourth-order valence-electron chi connectivity index (χ4n) is 2.77. The minimum Gasteiger partial charge on any atom is -0.459 e. The molecule has 1 aromatic carbocycles. The number of aldehydes is 1. The molecule has 2 saturated heterocycles. The van der Waals surface area contributed by atoms with Gasteiger partial charge in [0.1, 0.15) is 31.0 Å². The van der Waals surface area contributed by atoms with E-state index in [1.165, 1.54) is 0 Å². The zero-order valence-corrected chi connectivity index (χ0v) is 12.4. The first-order valence-corrected chi connectivity index (χ1v) is 7.19. The average Bonchev–Trinajstić information content (AvgIpc) is 2.99. The Morgan fingerprint density at radius 2 is 1.91 bits per heavy atom. The molecule has 118 valence electrons. The fourth-order valence-corrected chi connectivity index (χ4v) is 2.77. The highest BCUT2D eigenvalue weighted by atomic mass is 16.8. The second-order valence-corrected chi connectivity index (χ2v) is 5.80. The summed E-state index contributed by atoms with van der Waals surface area (Å²) in [5.74, 6) is -1.21. The summed E-state index contributed by atoms with van der Waals surface area (Å²) in [5.41, 5.74) is 0.466. The average molecular weight is 306 g/mol. The topological polar surface area (TPSA) is 71.1 Å². The van der Waals surface area contributed by atoms with E-state index in [9.17, 15) is 9.59 Å². The van der Waals surface area contributed by atoms with E-state index in [2.05, 4.69) is 0 Å². The van der Waals surface area contributed by atoms with Gasteiger partial charge in [-0.15, -0.1) is 0 Å². The third-order valence-corrected chi connectivity index (χ3v) is 3.71. The Kier molecular flexibility index (Phi) is 3.99. The van der Waals surface area contributed by atoms with Crippen LogP contribution in [0.15, 0.2) is 30.3 Å². The number of benzene rings is 1. The lowest BCUT2D eigenvalue weighted by atomic mass is 10.1. The third kappa shape index (κ3) is 2.90. The van der Waals surface area contributed by atoms with Gasteiger partial charge < -0.3 is 23.7 Å². The number of hydrogen-bond donors (Lipinski definition) is 0. The predicted octanol–water partition coefficient (Wildman–Crippen LogP) is 1.33. The molecule has 0 saturated carbocycles. The van der Waals surface area contributed by atoms with E-state index in [4.69, 9.17) is 18.9 Å². The van der Waals surface area contributed by atoms with Gasteiger partial charge in [-0.05, 0) is 26.0 Å². The van der Waals surface area contributed by atoms with Gasteiger partial charge in [0.25, 0.3) is 0 Å². The minimum atomic E-state index is -0.776. The summed E-state index contributed by atoms with van der Waals surface area (Å²) in [6.07, 6.45) is -1.41. The Morgan fingerprint density at radius 1 is 1.23 bits per heavy atom. The molecule has 0 amide bonds. The molecule has 0 N–H and O–H groups in total. The molecule has 4 atom stereocenters. The van der Waals surface area contributed by atoms with Crippen LogP contribution in [0.25, 0.3) is 0 Å². The normalized spacial score (nSPS) is 32.5. The molecule has 0 unspecified atom stereocenters. The van der Waals surface area contributed by atoms with Crippen LogP contribution in [0.3, 0.4) is 0 Å². The van der Waals surface area contributed by atoms with Crippen molar-refractivity contribution in [3.8, 4) is 0 Å². The molecule has 22 heavy (non-hydrogen) atoms. The Bertz CT molecular complexity index is 555. The highest BCUT2D eigenvalue weighted by Crippen LogP contribution is 2.38. The molecule has 0 radical (unpaired) electrons. The van der Waals surface area contributed by atoms with Crippen molar-refractivity contribution in [2.24, 2.45) is 0 Å². The number of hydrogen-bond acceptors (Lipinski definition) is 6. The summed E-state index contributed by atoms with van der Waals surface area (Å²) in [6.45, 7) is 3.57. The first kappa shape index (κ1) is 15.1. The molecule has 0 spiro atoms. The number of fused-ring (bicyclic) bond motifs is 1. The molecule has 2 heterocycles. The van der Waals surface area contributed by atoms with Crippen molar-refractivity contribution in [2.45, 2.75) is 44.1 Å². The van der Waals surface area contributed by atoms with Gasteiger partial charge >= 0.3 is 5.97 Å². The summed E-state index contributed by atoms with van der Waals surface area (Å²) in [6, 6.07) is 8.69. The third-order valence-electron chi connectivity index (χ3n) is 3.71. The van der Waals surface area contributed by atoms with Crippen molar-refractivity contribution in [1.29, 1.82) is 0 Å². The van der Waals surface area contributed by atoms with Crippen molar-refractivity contribution in [3.05, 3.63) is 35.9 Å². The van der Waals surface area contributed by atoms with Gasteiger partial charge in [0.2, 0.25) is 0 Å². The Balaban J connectivity index is 1.63. The zero-order valence-electron chi connectivity index (χ0n) is 12.4. The van der Waals surface area contributed by atoms with Crippen LogP contribution in [0.1, 0.15) is 24.2 Å². The summed E-state index contributed by atoms with van der Waals surface area (Å²) >= 11 is 0. The van der Waals surface area contributed by atoms with Crippen LogP contribution >= 0.6 is 0 Å². The molecule has 6 nitrogen and oxygen atoms in total. The first-order valence-electron chi connectivity index (χ1n) is 7.19. The van der Waals surface area contributed by atoms with Gasteiger partial charge in [-0.3, -0.25) is 0 Å². The van der Waals surface area contributed by atoms with Gasteiger partial charge in [0.05, 0.1) is 5.56 Å². The van der Waals surface area contributed by atoms with Gasteiger partial charge in [-0.2, -0.15) is 0 Å². The van der Waals surface area contributed by atoms with Gasteiger partial charge in [-0.1, -0.05) is 18.2 Å². The van der Waals surface area contributed by atoms with Gasteiger partial charge in [0, 0.05) is 0 Å². The van der Waals surface area contributed by atoms with E-state index in [0.717, 1.165) is 0 Å². The van der Waals surface area contributed by atoms with Crippen LogP contribution in [0.2, 0.25) is 0 Å². The van der Waals surface area contributed by atoms with Crippen LogP contribution in [0.4, 0.5) is 0 Å². The van der Waals surface area contributed by atoms with Crippen molar-refractivity contribution >= 4 is 12.3 Å². The van der Waals surface area contributed by atoms with Crippen LogP contribution in [-0.4, -0.2) is 49.1 Å². The lowest BCUT2D eigenvalue weighted by Crippen LogP contribution is -2.33. The molecule has 6 heteroatoms. The summed E-state index contributed by atoms with van der Waals surface area (Å²) in [4.78, 5) is 23.1. The number of esters is 1. The molecule has 2 fully saturated rings. The highest BCUT2D eigenvalue weighted by Gasteiger charge is 2.55. The Hall–Kier alpha value is -1.76.